The summed E-state index contributed by atoms with van der Waals surface area (Å²) in [6.45, 7) is 0.681. The lowest BCUT2D eigenvalue weighted by Crippen LogP contribution is -2.28. The summed E-state index contributed by atoms with van der Waals surface area (Å²) in [6.07, 6.45) is 2.65. The number of ether oxygens (including phenoxy) is 1. The topological polar surface area (TPSA) is 97.5 Å². The summed E-state index contributed by atoms with van der Waals surface area (Å²) in [5.41, 5.74) is 6.53. The van der Waals surface area contributed by atoms with E-state index in [1.54, 1.807) is 24.3 Å². The van der Waals surface area contributed by atoms with Gasteiger partial charge in [0.1, 0.15) is 18.1 Å². The summed E-state index contributed by atoms with van der Waals surface area (Å²) in [5, 5.41) is 11.9. The van der Waals surface area contributed by atoms with E-state index in [4.69, 9.17) is 10.5 Å². The fourth-order valence-corrected chi connectivity index (χ4v) is 1.55. The Hall–Kier alpha value is -2.76. The number of nitrogen functional groups attached to an aromatic ring is 1. The normalized spacial score (nSPS) is 10.0. The van der Waals surface area contributed by atoms with Gasteiger partial charge in [0.25, 0.3) is 5.91 Å². The van der Waals surface area contributed by atoms with Crippen molar-refractivity contribution in [2.75, 3.05) is 18.9 Å². The third-order valence-electron chi connectivity index (χ3n) is 2.52. The molecule has 4 N–H and O–H groups in total. The first kappa shape index (κ1) is 13.7. The summed E-state index contributed by atoms with van der Waals surface area (Å²) in [4.78, 5) is 15.5. The summed E-state index contributed by atoms with van der Waals surface area (Å²) in [7, 11) is 0. The van der Waals surface area contributed by atoms with Gasteiger partial charge in [-0.3, -0.25) is 9.78 Å². The molecule has 0 bridgehead atoms. The SMILES string of the molecule is Nc1ccc(OCCNC(=O)c2cncc(O)c2)cc1. The molecule has 6 heteroatoms. The van der Waals surface area contributed by atoms with Crippen molar-refractivity contribution in [2.24, 2.45) is 0 Å². The predicted molar refractivity (Wildman–Crippen MR) is 74.6 cm³/mol. The second-order valence-corrected chi connectivity index (χ2v) is 4.11. The van der Waals surface area contributed by atoms with E-state index < -0.39 is 0 Å². The van der Waals surface area contributed by atoms with Crippen LogP contribution in [0, 0.1) is 0 Å². The van der Waals surface area contributed by atoms with Crippen LogP contribution in [0.1, 0.15) is 10.4 Å². The van der Waals surface area contributed by atoms with Crippen LogP contribution in [0.4, 0.5) is 5.69 Å². The summed E-state index contributed by atoms with van der Waals surface area (Å²) in [6, 6.07) is 8.36. The largest absolute Gasteiger partial charge is 0.506 e. The molecular weight excluding hydrogens is 258 g/mol. The minimum atomic E-state index is -0.311. The Labute approximate surface area is 116 Å². The highest BCUT2D eigenvalue weighted by Crippen LogP contribution is 2.12. The lowest BCUT2D eigenvalue weighted by atomic mass is 10.2. The fraction of sp³-hybridized carbons (Fsp3) is 0.143. The quantitative estimate of drug-likeness (QED) is 0.561. The van der Waals surface area contributed by atoms with Crippen molar-refractivity contribution in [2.45, 2.75) is 0 Å². The molecule has 1 aromatic heterocycles. The monoisotopic (exact) mass is 273 g/mol. The van der Waals surface area contributed by atoms with Gasteiger partial charge >= 0.3 is 0 Å². The Bertz CT molecular complexity index is 584. The molecule has 2 aromatic rings. The number of carbonyl (C=O) groups excluding carboxylic acids is 1. The smallest absolute Gasteiger partial charge is 0.253 e. The lowest BCUT2D eigenvalue weighted by Gasteiger charge is -2.08. The predicted octanol–water partition coefficient (Wildman–Crippen LogP) is 1.18. The summed E-state index contributed by atoms with van der Waals surface area (Å²) in [5.74, 6) is 0.331. The molecule has 0 aliphatic carbocycles. The maximum atomic E-state index is 11.7. The second kappa shape index (κ2) is 6.42. The van der Waals surface area contributed by atoms with Gasteiger partial charge in [-0.05, 0) is 30.3 Å². The van der Waals surface area contributed by atoms with Crippen molar-refractivity contribution in [1.82, 2.24) is 10.3 Å². The maximum absolute atomic E-state index is 11.7. The van der Waals surface area contributed by atoms with Gasteiger partial charge in [0.15, 0.2) is 0 Å². The molecule has 1 amide bonds. The Morgan fingerprint density at radius 3 is 2.75 bits per heavy atom. The minimum Gasteiger partial charge on any atom is -0.506 e. The number of aromatic hydroxyl groups is 1. The first-order chi connectivity index (χ1) is 9.65. The number of amides is 1. The van der Waals surface area contributed by atoms with Gasteiger partial charge in [-0.15, -0.1) is 0 Å². The molecule has 0 aliphatic rings. The van der Waals surface area contributed by atoms with Gasteiger partial charge in [-0.2, -0.15) is 0 Å². The number of nitrogens with zero attached hydrogens (tertiary/aromatic N) is 1. The molecule has 0 aliphatic heterocycles. The zero-order valence-corrected chi connectivity index (χ0v) is 10.7. The number of nitrogens with one attached hydrogen (secondary N) is 1. The number of hydrogen-bond acceptors (Lipinski definition) is 5. The lowest BCUT2D eigenvalue weighted by molar-refractivity contribution is 0.0946. The van der Waals surface area contributed by atoms with Gasteiger partial charge in [-0.1, -0.05) is 0 Å². The van der Waals surface area contributed by atoms with Gasteiger partial charge in [0.05, 0.1) is 18.3 Å². The van der Waals surface area contributed by atoms with Crippen molar-refractivity contribution < 1.29 is 14.6 Å². The van der Waals surface area contributed by atoms with Crippen LogP contribution < -0.4 is 15.8 Å². The van der Waals surface area contributed by atoms with Crippen LogP contribution in [-0.4, -0.2) is 29.1 Å². The van der Waals surface area contributed by atoms with Gasteiger partial charge in [0.2, 0.25) is 0 Å². The highest BCUT2D eigenvalue weighted by molar-refractivity contribution is 5.94. The molecule has 20 heavy (non-hydrogen) atoms. The molecule has 104 valence electrons. The molecule has 0 saturated carbocycles. The molecule has 1 aromatic carbocycles. The Balaban J connectivity index is 1.76. The van der Waals surface area contributed by atoms with E-state index in [0.717, 1.165) is 0 Å². The molecule has 6 nitrogen and oxygen atoms in total. The van der Waals surface area contributed by atoms with Crippen LogP contribution in [0.2, 0.25) is 0 Å². The van der Waals surface area contributed by atoms with E-state index in [1.807, 2.05) is 0 Å². The molecule has 1 heterocycles. The number of hydrogen-bond donors (Lipinski definition) is 3. The van der Waals surface area contributed by atoms with Crippen LogP contribution in [0.15, 0.2) is 42.7 Å². The highest BCUT2D eigenvalue weighted by Gasteiger charge is 2.05. The molecule has 0 atom stereocenters. The number of benzene rings is 1. The number of anilines is 1. The molecule has 0 unspecified atom stereocenters. The number of aromatic nitrogens is 1. The third kappa shape index (κ3) is 3.88. The standard InChI is InChI=1S/C14H15N3O3/c15-11-1-3-13(4-2-11)20-6-5-17-14(19)10-7-12(18)9-16-8-10/h1-4,7-9,18H,5-6,15H2,(H,17,19). The van der Waals surface area contributed by atoms with Gasteiger partial charge in [0, 0.05) is 11.9 Å². The van der Waals surface area contributed by atoms with E-state index in [1.165, 1.54) is 18.5 Å². The maximum Gasteiger partial charge on any atom is 0.253 e. The summed E-state index contributed by atoms with van der Waals surface area (Å²) < 4.78 is 5.44. The van der Waals surface area contributed by atoms with E-state index >= 15 is 0 Å². The zero-order valence-electron chi connectivity index (χ0n) is 10.7. The molecule has 0 radical (unpaired) electrons. The molecule has 0 saturated heterocycles. The Morgan fingerprint density at radius 2 is 2.05 bits per heavy atom. The first-order valence-electron chi connectivity index (χ1n) is 6.06. The van der Waals surface area contributed by atoms with Crippen LogP contribution in [0.3, 0.4) is 0 Å². The third-order valence-corrected chi connectivity index (χ3v) is 2.52. The number of rotatable bonds is 5. The Kier molecular flexibility index (Phi) is 4.39. The fourth-order valence-electron chi connectivity index (χ4n) is 1.55. The second-order valence-electron chi connectivity index (χ2n) is 4.11. The number of pyridine rings is 1. The van der Waals surface area contributed by atoms with Crippen LogP contribution in [0.25, 0.3) is 0 Å². The van der Waals surface area contributed by atoms with Gasteiger partial charge < -0.3 is 20.9 Å². The molecule has 0 fully saturated rings. The van der Waals surface area contributed by atoms with Crippen molar-refractivity contribution in [1.29, 1.82) is 0 Å². The van der Waals surface area contributed by atoms with Crippen molar-refractivity contribution in [3.8, 4) is 11.5 Å². The van der Waals surface area contributed by atoms with E-state index in [2.05, 4.69) is 10.3 Å². The molecular formula is C14H15N3O3. The molecule has 2 rings (SSSR count). The van der Waals surface area contributed by atoms with Crippen LogP contribution >= 0.6 is 0 Å². The van der Waals surface area contributed by atoms with Gasteiger partial charge in [-0.25, -0.2) is 0 Å². The minimum absolute atomic E-state index is 0.0456. The first-order valence-corrected chi connectivity index (χ1v) is 6.06. The number of nitrogens with two attached hydrogens (primary N) is 1. The average molecular weight is 273 g/mol. The Morgan fingerprint density at radius 1 is 1.30 bits per heavy atom. The van der Waals surface area contributed by atoms with Crippen molar-refractivity contribution in [3.63, 3.8) is 0 Å². The average Bonchev–Trinajstić information content (AvgIpc) is 2.45. The molecule has 0 spiro atoms. The number of carbonyl (C=O) groups is 1. The van der Waals surface area contributed by atoms with Crippen LogP contribution in [0.5, 0.6) is 11.5 Å². The highest BCUT2D eigenvalue weighted by atomic mass is 16.5. The van der Waals surface area contributed by atoms with E-state index in [0.29, 0.717) is 30.2 Å². The summed E-state index contributed by atoms with van der Waals surface area (Å²) >= 11 is 0. The van der Waals surface area contributed by atoms with Crippen LogP contribution in [-0.2, 0) is 0 Å². The zero-order chi connectivity index (χ0) is 14.4. The van der Waals surface area contributed by atoms with Crippen molar-refractivity contribution in [3.05, 3.63) is 48.3 Å². The van der Waals surface area contributed by atoms with Crippen molar-refractivity contribution >= 4 is 11.6 Å². The van der Waals surface area contributed by atoms with E-state index in [-0.39, 0.29) is 11.7 Å². The van der Waals surface area contributed by atoms with E-state index in [9.17, 15) is 9.90 Å².